The van der Waals surface area contributed by atoms with Crippen molar-refractivity contribution in [2.24, 2.45) is 0 Å². The smallest absolute Gasteiger partial charge is 0.255 e. The summed E-state index contributed by atoms with van der Waals surface area (Å²) in [6.07, 6.45) is 2.78. The number of nitrogens with zero attached hydrogens (tertiary/aromatic N) is 1. The van der Waals surface area contributed by atoms with Gasteiger partial charge in [0.05, 0.1) is 17.7 Å². The van der Waals surface area contributed by atoms with Crippen LogP contribution in [-0.4, -0.2) is 19.3 Å². The van der Waals surface area contributed by atoms with E-state index < -0.39 is 10.0 Å². The van der Waals surface area contributed by atoms with Crippen LogP contribution < -0.4 is 10.0 Å². The monoisotopic (exact) mass is 397 g/mol. The predicted octanol–water partition coefficient (Wildman–Crippen LogP) is 3.15. The fourth-order valence-corrected chi connectivity index (χ4v) is 3.58. The molecule has 0 spiro atoms. The first kappa shape index (κ1) is 18.0. The highest BCUT2D eigenvalue weighted by molar-refractivity contribution is 7.89. The fraction of sp³-hybridized carbons (Fsp3) is 0.0526. The van der Waals surface area contributed by atoms with Gasteiger partial charge in [-0.15, -0.1) is 0 Å². The number of anilines is 1. The van der Waals surface area contributed by atoms with Crippen molar-refractivity contribution < 1.29 is 22.0 Å². The molecular weight excluding hydrogens is 382 g/mol. The number of hydrogen-bond acceptors (Lipinski definition) is 6. The molecule has 9 heteroatoms. The second-order valence-corrected chi connectivity index (χ2v) is 7.68. The number of aromatic nitrogens is 1. The van der Waals surface area contributed by atoms with Gasteiger partial charge < -0.3 is 14.2 Å². The fourth-order valence-electron chi connectivity index (χ4n) is 2.58. The molecule has 0 saturated carbocycles. The van der Waals surface area contributed by atoms with E-state index in [0.29, 0.717) is 28.1 Å². The lowest BCUT2D eigenvalue weighted by molar-refractivity contribution is 0.102. The average Bonchev–Trinajstić information content (AvgIpc) is 3.38. The molecule has 0 aliphatic heterocycles. The van der Waals surface area contributed by atoms with Gasteiger partial charge in [0.25, 0.3) is 5.91 Å². The molecule has 28 heavy (non-hydrogen) atoms. The number of sulfonamides is 1. The number of carbonyl (C=O) groups excluding carboxylic acids is 1. The van der Waals surface area contributed by atoms with Crippen LogP contribution in [0.15, 0.2) is 81.0 Å². The van der Waals surface area contributed by atoms with Crippen molar-refractivity contribution in [2.45, 2.75) is 11.4 Å². The van der Waals surface area contributed by atoms with Gasteiger partial charge in [0.2, 0.25) is 10.0 Å². The van der Waals surface area contributed by atoms with Gasteiger partial charge in [-0.2, -0.15) is 0 Å². The van der Waals surface area contributed by atoms with E-state index in [-0.39, 0.29) is 17.3 Å². The van der Waals surface area contributed by atoms with Crippen LogP contribution in [-0.2, 0) is 16.6 Å². The molecule has 0 aliphatic rings. The maximum atomic E-state index is 12.4. The van der Waals surface area contributed by atoms with Crippen LogP contribution in [0, 0.1) is 0 Å². The van der Waals surface area contributed by atoms with Gasteiger partial charge in [-0.05, 0) is 54.6 Å². The van der Waals surface area contributed by atoms with Gasteiger partial charge in [0.1, 0.15) is 11.3 Å². The maximum Gasteiger partial charge on any atom is 0.255 e. The average molecular weight is 397 g/mol. The Balaban J connectivity index is 1.44. The molecule has 2 N–H and O–H groups in total. The molecule has 0 aliphatic carbocycles. The van der Waals surface area contributed by atoms with E-state index >= 15 is 0 Å². The number of benzene rings is 2. The normalized spacial score (nSPS) is 11.6. The summed E-state index contributed by atoms with van der Waals surface area (Å²) in [6, 6.07) is 14.1. The minimum atomic E-state index is -3.69. The molecule has 8 nitrogen and oxygen atoms in total. The van der Waals surface area contributed by atoms with E-state index in [1.807, 2.05) is 0 Å². The third-order valence-electron chi connectivity index (χ3n) is 4.03. The molecule has 0 fully saturated rings. The molecule has 0 unspecified atom stereocenters. The van der Waals surface area contributed by atoms with Crippen LogP contribution in [0.25, 0.3) is 11.1 Å². The highest BCUT2D eigenvalue weighted by Gasteiger charge is 2.15. The van der Waals surface area contributed by atoms with E-state index in [1.165, 1.54) is 36.9 Å². The van der Waals surface area contributed by atoms with Crippen LogP contribution >= 0.6 is 0 Å². The zero-order chi connectivity index (χ0) is 19.6. The Labute approximate surface area is 160 Å². The lowest BCUT2D eigenvalue weighted by Crippen LogP contribution is -2.23. The van der Waals surface area contributed by atoms with Crippen molar-refractivity contribution in [2.75, 3.05) is 5.32 Å². The van der Waals surface area contributed by atoms with E-state index in [2.05, 4.69) is 15.0 Å². The predicted molar refractivity (Wildman–Crippen MR) is 101 cm³/mol. The van der Waals surface area contributed by atoms with Gasteiger partial charge in [0, 0.05) is 11.3 Å². The van der Waals surface area contributed by atoms with Crippen LogP contribution in [0.4, 0.5) is 5.69 Å². The Morgan fingerprint density at radius 2 is 1.86 bits per heavy atom. The second-order valence-electron chi connectivity index (χ2n) is 5.92. The number of carbonyl (C=O) groups is 1. The van der Waals surface area contributed by atoms with Crippen molar-refractivity contribution in [3.05, 3.63) is 78.6 Å². The number of rotatable bonds is 6. The molecule has 4 rings (SSSR count). The number of amides is 1. The minimum absolute atomic E-state index is 0.0539. The largest absolute Gasteiger partial charge is 0.468 e. The van der Waals surface area contributed by atoms with Crippen LogP contribution in [0.5, 0.6) is 0 Å². The zero-order valence-corrected chi connectivity index (χ0v) is 15.3. The molecule has 4 aromatic rings. The Kier molecular flexibility index (Phi) is 4.68. The van der Waals surface area contributed by atoms with Crippen molar-refractivity contribution in [3.63, 3.8) is 0 Å². The van der Waals surface area contributed by atoms with Crippen molar-refractivity contribution >= 4 is 32.7 Å². The topological polar surface area (TPSA) is 114 Å². The van der Waals surface area contributed by atoms with Crippen molar-refractivity contribution in [1.82, 2.24) is 9.71 Å². The second kappa shape index (κ2) is 7.29. The van der Waals surface area contributed by atoms with E-state index in [9.17, 15) is 13.2 Å². The first-order chi connectivity index (χ1) is 13.5. The molecule has 2 aromatic carbocycles. The molecular formula is C19H15N3O5S. The van der Waals surface area contributed by atoms with Crippen molar-refractivity contribution in [1.29, 1.82) is 0 Å². The molecule has 0 radical (unpaired) electrons. The number of furan rings is 1. The standard InChI is InChI=1S/C19H15N3O5S/c23-19(13-3-8-18-17(10-13)20-12-27-18)22-14-4-6-16(7-5-14)28(24,25)21-11-15-2-1-9-26-15/h1-10,12,21H,11H2,(H,22,23). The SMILES string of the molecule is O=C(Nc1ccc(S(=O)(=O)NCc2ccco2)cc1)c1ccc2ocnc2c1. The quantitative estimate of drug-likeness (QED) is 0.517. The highest BCUT2D eigenvalue weighted by atomic mass is 32.2. The van der Waals surface area contributed by atoms with Gasteiger partial charge >= 0.3 is 0 Å². The van der Waals surface area contributed by atoms with E-state index in [0.717, 1.165) is 0 Å². The number of nitrogens with one attached hydrogen (secondary N) is 2. The van der Waals surface area contributed by atoms with Gasteiger partial charge in [-0.25, -0.2) is 18.1 Å². The van der Waals surface area contributed by atoms with Crippen LogP contribution in [0.3, 0.4) is 0 Å². The number of hydrogen-bond donors (Lipinski definition) is 2. The van der Waals surface area contributed by atoms with Gasteiger partial charge in [-0.3, -0.25) is 4.79 Å². The molecule has 0 bridgehead atoms. The Morgan fingerprint density at radius 1 is 1.04 bits per heavy atom. The highest BCUT2D eigenvalue weighted by Crippen LogP contribution is 2.18. The Hall–Kier alpha value is -3.43. The number of fused-ring (bicyclic) bond motifs is 1. The summed E-state index contributed by atoms with van der Waals surface area (Å²) in [4.78, 5) is 16.5. The first-order valence-corrected chi connectivity index (χ1v) is 9.76. The molecule has 1 amide bonds. The molecule has 142 valence electrons. The Bertz CT molecular complexity index is 1210. The summed E-state index contributed by atoms with van der Waals surface area (Å²) >= 11 is 0. The molecule has 0 saturated heterocycles. The Morgan fingerprint density at radius 3 is 2.61 bits per heavy atom. The van der Waals surface area contributed by atoms with Gasteiger partial charge in [-0.1, -0.05) is 0 Å². The van der Waals surface area contributed by atoms with E-state index in [4.69, 9.17) is 8.83 Å². The maximum absolute atomic E-state index is 12.4. The first-order valence-electron chi connectivity index (χ1n) is 8.28. The van der Waals surface area contributed by atoms with Crippen molar-refractivity contribution in [3.8, 4) is 0 Å². The van der Waals surface area contributed by atoms with Crippen LogP contribution in [0.1, 0.15) is 16.1 Å². The molecule has 2 heterocycles. The minimum Gasteiger partial charge on any atom is -0.468 e. The molecule has 0 atom stereocenters. The lowest BCUT2D eigenvalue weighted by Gasteiger charge is -2.08. The summed E-state index contributed by atoms with van der Waals surface area (Å²) < 4.78 is 37.4. The van der Waals surface area contributed by atoms with Crippen LogP contribution in [0.2, 0.25) is 0 Å². The molecule has 2 aromatic heterocycles. The summed E-state index contributed by atoms with van der Waals surface area (Å²) in [5.74, 6) is 0.174. The third-order valence-corrected chi connectivity index (χ3v) is 5.45. The summed E-state index contributed by atoms with van der Waals surface area (Å²) in [5, 5.41) is 2.72. The third kappa shape index (κ3) is 3.80. The summed E-state index contributed by atoms with van der Waals surface area (Å²) in [7, 11) is -3.69. The summed E-state index contributed by atoms with van der Waals surface area (Å²) in [5.41, 5.74) is 2.05. The zero-order valence-electron chi connectivity index (χ0n) is 14.5. The van der Waals surface area contributed by atoms with E-state index in [1.54, 1.807) is 30.3 Å². The lowest BCUT2D eigenvalue weighted by atomic mass is 10.2. The number of oxazole rings is 1. The van der Waals surface area contributed by atoms with Gasteiger partial charge in [0.15, 0.2) is 12.0 Å². The summed E-state index contributed by atoms with van der Waals surface area (Å²) in [6.45, 7) is 0.0539.